The van der Waals surface area contributed by atoms with Gasteiger partial charge in [-0.2, -0.15) is 0 Å². The van der Waals surface area contributed by atoms with Crippen molar-refractivity contribution in [1.29, 1.82) is 0 Å². The number of carbonyl (C=O) groups is 2. The summed E-state index contributed by atoms with van der Waals surface area (Å²) in [7, 11) is 0. The van der Waals surface area contributed by atoms with Gasteiger partial charge in [-0.1, -0.05) is 0 Å². The number of carboxylic acid groups (broad SMARTS) is 1. The van der Waals surface area contributed by atoms with Crippen LogP contribution in [0.15, 0.2) is 16.5 Å². The van der Waals surface area contributed by atoms with E-state index in [4.69, 9.17) is 14.3 Å². The first-order valence-electron chi connectivity index (χ1n) is 5.83. The number of morpholine rings is 1. The van der Waals surface area contributed by atoms with Crippen LogP contribution in [-0.4, -0.2) is 52.6 Å². The summed E-state index contributed by atoms with van der Waals surface area (Å²) in [4.78, 5) is 34.0. The zero-order valence-corrected chi connectivity index (χ0v) is 10.4. The average Bonchev–Trinajstić information content (AvgIpc) is 2.87. The lowest BCUT2D eigenvalue weighted by Crippen LogP contribution is -2.49. The van der Waals surface area contributed by atoms with Crippen molar-refractivity contribution >= 4 is 17.8 Å². The highest BCUT2D eigenvalue weighted by molar-refractivity contribution is 5.92. The second-order valence-corrected chi connectivity index (χ2v) is 4.22. The predicted octanol–water partition coefficient (Wildman–Crippen LogP) is 0.503. The number of rotatable bonds is 4. The van der Waals surface area contributed by atoms with E-state index in [1.165, 1.54) is 11.0 Å². The lowest BCUT2D eigenvalue weighted by molar-refractivity contribution is -0.402. The zero-order chi connectivity index (χ0) is 14.7. The fraction of sp³-hybridized carbons (Fsp3) is 0.455. The molecule has 0 radical (unpaired) electrons. The number of carboxylic acids is 1. The van der Waals surface area contributed by atoms with Crippen LogP contribution >= 0.6 is 0 Å². The lowest BCUT2D eigenvalue weighted by Gasteiger charge is -2.34. The Labute approximate surface area is 112 Å². The number of carbonyl (C=O) groups excluding carboxylic acids is 1. The van der Waals surface area contributed by atoms with Crippen LogP contribution in [0.25, 0.3) is 0 Å². The third-order valence-electron chi connectivity index (χ3n) is 2.88. The summed E-state index contributed by atoms with van der Waals surface area (Å²) in [5.41, 5.74) is 0. The summed E-state index contributed by atoms with van der Waals surface area (Å²) < 4.78 is 9.98. The largest absolute Gasteiger partial charge is 0.481 e. The number of aliphatic carboxylic acids is 1. The molecule has 0 saturated carbocycles. The van der Waals surface area contributed by atoms with Crippen LogP contribution in [-0.2, 0) is 9.53 Å². The Bertz CT molecular complexity index is 539. The molecule has 1 N–H and O–H groups in total. The van der Waals surface area contributed by atoms with Gasteiger partial charge in [-0.25, -0.2) is 0 Å². The van der Waals surface area contributed by atoms with E-state index in [-0.39, 0.29) is 31.9 Å². The van der Waals surface area contributed by atoms with Gasteiger partial charge in [0.25, 0.3) is 5.91 Å². The molecule has 9 nitrogen and oxygen atoms in total. The highest BCUT2D eigenvalue weighted by Gasteiger charge is 2.32. The van der Waals surface area contributed by atoms with Gasteiger partial charge in [0.05, 0.1) is 31.7 Å². The topological polar surface area (TPSA) is 123 Å². The van der Waals surface area contributed by atoms with Crippen LogP contribution in [0, 0.1) is 10.1 Å². The summed E-state index contributed by atoms with van der Waals surface area (Å²) in [6.07, 6.45) is -0.255. The van der Waals surface area contributed by atoms with Gasteiger partial charge in [-0.3, -0.25) is 19.7 Å². The molecule has 0 spiro atoms. The van der Waals surface area contributed by atoms with Crippen LogP contribution in [0.2, 0.25) is 0 Å². The van der Waals surface area contributed by atoms with Gasteiger partial charge < -0.3 is 19.2 Å². The molecular formula is C11H12N2O7. The zero-order valence-electron chi connectivity index (χ0n) is 10.4. The van der Waals surface area contributed by atoms with Gasteiger partial charge >= 0.3 is 11.9 Å². The SMILES string of the molecule is O=C(O)CC1COCCN1C(=O)c1ccc([N+](=O)[O-])o1. The van der Waals surface area contributed by atoms with Crippen molar-refractivity contribution in [2.45, 2.75) is 12.5 Å². The number of nitrogens with zero attached hydrogens (tertiary/aromatic N) is 2. The first-order chi connectivity index (χ1) is 9.49. The first kappa shape index (κ1) is 14.0. The number of amides is 1. The normalized spacial score (nSPS) is 18.8. The smallest absolute Gasteiger partial charge is 0.433 e. The molecule has 0 aromatic carbocycles. The number of hydrogen-bond donors (Lipinski definition) is 1. The molecule has 1 aliphatic heterocycles. The third kappa shape index (κ3) is 2.94. The van der Waals surface area contributed by atoms with Crippen molar-refractivity contribution in [3.63, 3.8) is 0 Å². The molecule has 1 atom stereocenters. The fourth-order valence-electron chi connectivity index (χ4n) is 1.98. The Morgan fingerprint density at radius 1 is 1.50 bits per heavy atom. The van der Waals surface area contributed by atoms with Crippen molar-refractivity contribution in [2.24, 2.45) is 0 Å². The average molecular weight is 284 g/mol. The molecule has 1 aliphatic rings. The van der Waals surface area contributed by atoms with Crippen LogP contribution in [0.4, 0.5) is 5.88 Å². The van der Waals surface area contributed by atoms with Crippen molar-refractivity contribution in [3.05, 3.63) is 28.0 Å². The highest BCUT2D eigenvalue weighted by atomic mass is 16.6. The molecule has 1 unspecified atom stereocenters. The lowest BCUT2D eigenvalue weighted by atomic mass is 10.1. The monoisotopic (exact) mass is 284 g/mol. The Balaban J connectivity index is 2.15. The molecule has 2 rings (SSSR count). The quantitative estimate of drug-likeness (QED) is 0.630. The predicted molar refractivity (Wildman–Crippen MR) is 63.3 cm³/mol. The first-order valence-corrected chi connectivity index (χ1v) is 5.83. The minimum Gasteiger partial charge on any atom is -0.481 e. The Morgan fingerprint density at radius 3 is 2.85 bits per heavy atom. The number of hydrogen-bond acceptors (Lipinski definition) is 6. The summed E-state index contributed by atoms with van der Waals surface area (Å²) in [6, 6.07) is 1.67. The van der Waals surface area contributed by atoms with E-state index in [1.807, 2.05) is 0 Å². The fourth-order valence-corrected chi connectivity index (χ4v) is 1.98. The standard InChI is InChI=1S/C11H12N2O7/c14-10(15)5-7-6-19-4-3-12(7)11(16)8-1-2-9(20-8)13(17)18/h1-2,7H,3-6H2,(H,14,15). The van der Waals surface area contributed by atoms with Gasteiger partial charge in [0.15, 0.2) is 5.76 Å². The molecule has 1 saturated heterocycles. The van der Waals surface area contributed by atoms with Crippen molar-refractivity contribution in [3.8, 4) is 0 Å². The molecule has 1 amide bonds. The second-order valence-electron chi connectivity index (χ2n) is 4.22. The van der Waals surface area contributed by atoms with Gasteiger partial charge in [-0.15, -0.1) is 0 Å². The van der Waals surface area contributed by atoms with Gasteiger partial charge in [0.2, 0.25) is 0 Å². The van der Waals surface area contributed by atoms with Crippen molar-refractivity contribution in [1.82, 2.24) is 4.90 Å². The van der Waals surface area contributed by atoms with E-state index in [0.717, 1.165) is 6.07 Å². The van der Waals surface area contributed by atoms with E-state index < -0.39 is 28.7 Å². The molecule has 0 bridgehead atoms. The maximum absolute atomic E-state index is 12.2. The van der Waals surface area contributed by atoms with Crippen LogP contribution in [0.5, 0.6) is 0 Å². The molecule has 9 heteroatoms. The number of nitro groups is 1. The van der Waals surface area contributed by atoms with E-state index in [9.17, 15) is 19.7 Å². The van der Waals surface area contributed by atoms with E-state index in [0.29, 0.717) is 0 Å². The molecule has 108 valence electrons. The van der Waals surface area contributed by atoms with Gasteiger partial charge in [0.1, 0.15) is 4.92 Å². The van der Waals surface area contributed by atoms with Crippen LogP contribution in [0.3, 0.4) is 0 Å². The summed E-state index contributed by atoms with van der Waals surface area (Å²) in [5.74, 6) is -2.35. The molecular weight excluding hydrogens is 272 g/mol. The van der Waals surface area contributed by atoms with Crippen molar-refractivity contribution < 1.29 is 28.8 Å². The van der Waals surface area contributed by atoms with Gasteiger partial charge in [0, 0.05) is 6.54 Å². The van der Waals surface area contributed by atoms with E-state index in [2.05, 4.69) is 0 Å². The summed E-state index contributed by atoms with van der Waals surface area (Å²) >= 11 is 0. The molecule has 2 heterocycles. The Kier molecular flexibility index (Phi) is 3.99. The number of furan rings is 1. The second kappa shape index (κ2) is 5.70. The maximum atomic E-state index is 12.2. The van der Waals surface area contributed by atoms with Crippen LogP contribution in [0.1, 0.15) is 17.0 Å². The molecule has 1 fully saturated rings. The minimum absolute atomic E-state index is 0.112. The van der Waals surface area contributed by atoms with E-state index >= 15 is 0 Å². The van der Waals surface area contributed by atoms with Crippen LogP contribution < -0.4 is 0 Å². The summed E-state index contributed by atoms with van der Waals surface area (Å²) in [6.45, 7) is 0.608. The van der Waals surface area contributed by atoms with Gasteiger partial charge in [-0.05, 0) is 6.07 Å². The molecule has 1 aromatic rings. The Morgan fingerprint density at radius 2 is 2.25 bits per heavy atom. The van der Waals surface area contributed by atoms with E-state index in [1.54, 1.807) is 0 Å². The van der Waals surface area contributed by atoms with Crippen molar-refractivity contribution in [2.75, 3.05) is 19.8 Å². The Hall–Kier alpha value is -2.42. The molecule has 20 heavy (non-hydrogen) atoms. The highest BCUT2D eigenvalue weighted by Crippen LogP contribution is 2.20. The molecule has 1 aromatic heterocycles. The number of ether oxygens (including phenoxy) is 1. The third-order valence-corrected chi connectivity index (χ3v) is 2.88. The minimum atomic E-state index is -1.05. The maximum Gasteiger partial charge on any atom is 0.433 e. The molecule has 0 aliphatic carbocycles. The summed E-state index contributed by atoms with van der Waals surface area (Å²) in [5, 5.41) is 19.3.